The minimum Gasteiger partial charge on any atom is -0.344 e. The summed E-state index contributed by atoms with van der Waals surface area (Å²) in [7, 11) is -2.40. The van der Waals surface area contributed by atoms with Gasteiger partial charge in [-0.3, -0.25) is 28.2 Å². The lowest BCUT2D eigenvalue weighted by molar-refractivity contribution is -0.123. The summed E-state index contributed by atoms with van der Waals surface area (Å²) >= 11 is 6.46. The Hall–Kier alpha value is -4.91. The molecular formula is C32H27ClF6N8O4S. The number of sulfonamides is 1. The van der Waals surface area contributed by atoms with Gasteiger partial charge in [-0.2, -0.15) is 19.0 Å². The molecule has 4 atom stereocenters. The van der Waals surface area contributed by atoms with Crippen LogP contribution in [-0.2, 0) is 40.8 Å². The van der Waals surface area contributed by atoms with Crippen molar-refractivity contribution in [2.75, 3.05) is 11.0 Å². The van der Waals surface area contributed by atoms with E-state index in [9.17, 15) is 35.6 Å². The van der Waals surface area contributed by atoms with Gasteiger partial charge in [0.1, 0.15) is 35.4 Å². The number of halogens is 7. The number of carbonyl (C=O) groups excluding carboxylic acids is 1. The number of amides is 1. The number of aromatic nitrogens is 6. The number of hydrogen-bond donors (Lipinski definition) is 2. The van der Waals surface area contributed by atoms with Crippen molar-refractivity contribution in [1.29, 1.82) is 0 Å². The van der Waals surface area contributed by atoms with Gasteiger partial charge >= 0.3 is 0 Å². The van der Waals surface area contributed by atoms with Crippen LogP contribution in [0.1, 0.15) is 53.6 Å². The van der Waals surface area contributed by atoms with E-state index in [4.69, 9.17) is 11.6 Å². The number of hydrogen-bond acceptors (Lipinski definition) is 7. The Bertz CT molecular complexity index is 2450. The number of anilines is 1. The fraction of sp³-hybridized carbons (Fsp3) is 0.344. The van der Waals surface area contributed by atoms with E-state index in [1.807, 2.05) is 0 Å². The first-order valence-corrected chi connectivity index (χ1v) is 17.9. The number of fused-ring (bicyclic) bond motifs is 4. The molecule has 1 saturated carbocycles. The molecule has 2 aliphatic carbocycles. The van der Waals surface area contributed by atoms with Gasteiger partial charge in [0.25, 0.3) is 17.9 Å². The Balaban J connectivity index is 1.34. The molecule has 0 unspecified atom stereocenters. The van der Waals surface area contributed by atoms with Crippen LogP contribution in [-0.4, -0.2) is 49.7 Å². The Morgan fingerprint density at radius 3 is 2.44 bits per heavy atom. The second-order valence-corrected chi connectivity index (χ2v) is 15.0. The van der Waals surface area contributed by atoms with Gasteiger partial charge in [0.05, 0.1) is 33.9 Å². The molecule has 0 spiro atoms. The van der Waals surface area contributed by atoms with Crippen LogP contribution in [0.5, 0.6) is 0 Å². The average Bonchev–Trinajstić information content (AvgIpc) is 3.26. The van der Waals surface area contributed by atoms with Crippen LogP contribution in [0.25, 0.3) is 16.6 Å². The van der Waals surface area contributed by atoms with Gasteiger partial charge in [0.2, 0.25) is 15.9 Å². The van der Waals surface area contributed by atoms with Crippen molar-refractivity contribution < 1.29 is 39.6 Å². The van der Waals surface area contributed by atoms with Crippen LogP contribution in [0.3, 0.4) is 0 Å². The number of nitrogens with one attached hydrogen (secondary N) is 2. The molecule has 274 valence electrons. The van der Waals surface area contributed by atoms with Crippen molar-refractivity contribution in [1.82, 2.24) is 34.4 Å². The summed E-state index contributed by atoms with van der Waals surface area (Å²) in [6, 6.07) is 4.98. The first kappa shape index (κ1) is 35.5. The zero-order valence-corrected chi connectivity index (χ0v) is 28.8. The minimum absolute atomic E-state index is 0.00514. The van der Waals surface area contributed by atoms with E-state index < -0.39 is 93.6 Å². The predicted octanol–water partition coefficient (Wildman–Crippen LogP) is 5.11. The van der Waals surface area contributed by atoms with Crippen molar-refractivity contribution in [3.8, 4) is 5.69 Å². The third-order valence-corrected chi connectivity index (χ3v) is 10.2. The van der Waals surface area contributed by atoms with Crippen molar-refractivity contribution >= 4 is 44.3 Å². The lowest BCUT2D eigenvalue weighted by atomic mass is 10.0. The summed E-state index contributed by atoms with van der Waals surface area (Å²) in [5.74, 6) is -9.45. The van der Waals surface area contributed by atoms with Crippen LogP contribution in [0.4, 0.5) is 32.2 Å². The van der Waals surface area contributed by atoms with Gasteiger partial charge in [0.15, 0.2) is 5.82 Å². The lowest BCUT2D eigenvalue weighted by Crippen LogP contribution is -2.38. The van der Waals surface area contributed by atoms with E-state index in [0.29, 0.717) is 10.7 Å². The van der Waals surface area contributed by atoms with Gasteiger partial charge in [-0.25, -0.2) is 31.0 Å². The fourth-order valence-electron chi connectivity index (χ4n) is 7.31. The number of benzene rings is 2. The maximum atomic E-state index is 15.5. The molecule has 3 aromatic heterocycles. The zero-order valence-electron chi connectivity index (χ0n) is 27.2. The number of aryl methyl sites for hydroxylation is 1. The molecule has 2 aliphatic rings. The molecule has 2 N–H and O–H groups in total. The molecule has 52 heavy (non-hydrogen) atoms. The smallest absolute Gasteiger partial charge is 0.293 e. The molecule has 0 bridgehead atoms. The molecular weight excluding hydrogens is 742 g/mol. The molecule has 12 nitrogen and oxygen atoms in total. The lowest BCUT2D eigenvalue weighted by Gasteiger charge is -2.23. The molecule has 1 fully saturated rings. The zero-order chi connectivity index (χ0) is 37.6. The fourth-order valence-corrected chi connectivity index (χ4v) is 8.05. The summed E-state index contributed by atoms with van der Waals surface area (Å²) in [5.41, 5.74) is -2.43. The number of alkyl halides is 4. The highest BCUT2D eigenvalue weighted by Gasteiger charge is 2.71. The maximum absolute atomic E-state index is 15.5. The Morgan fingerprint density at radius 1 is 1.10 bits per heavy atom. The van der Waals surface area contributed by atoms with E-state index in [2.05, 4.69) is 25.2 Å². The number of nitrogens with zero attached hydrogens (tertiary/aromatic N) is 6. The summed E-state index contributed by atoms with van der Waals surface area (Å²) in [6.45, 7) is 0.581. The van der Waals surface area contributed by atoms with E-state index >= 15 is 8.78 Å². The maximum Gasteiger partial charge on any atom is 0.293 e. The highest BCUT2D eigenvalue weighted by Crippen LogP contribution is 2.71. The number of carbonyl (C=O) groups is 1. The summed E-state index contributed by atoms with van der Waals surface area (Å²) < 4.78 is 117. The predicted molar refractivity (Wildman–Crippen MR) is 175 cm³/mol. The minimum atomic E-state index is -3.85. The standard InChI is InChI=1S/C32H27ClF6N8O4S/c1-13-22-24-26(29(36)37)42-46(28(24)32(38,39)25(13)22)12-20(48)41-18(10-14-8-15(34)11-16(35)9-14)31-40-7-6-21(49)47(31)19-5-4-17(33)23-27(19)45(2)43-30(23)44-52(3,50)51/h4-9,11,13,18,22,25,29H,10,12H2,1-3H3,(H,41,48)(H,43,44)/t13-,18+,22-,25-/m1/s1. The topological polar surface area (TPSA) is 146 Å². The van der Waals surface area contributed by atoms with Gasteiger partial charge in [0, 0.05) is 49.2 Å². The molecule has 2 aromatic carbocycles. The third-order valence-electron chi connectivity index (χ3n) is 9.29. The van der Waals surface area contributed by atoms with E-state index in [0.717, 1.165) is 35.2 Å². The second-order valence-electron chi connectivity index (χ2n) is 12.9. The Morgan fingerprint density at radius 2 is 1.79 bits per heavy atom. The molecule has 5 aromatic rings. The van der Waals surface area contributed by atoms with Gasteiger partial charge in [-0.1, -0.05) is 18.5 Å². The molecule has 7 rings (SSSR count). The molecule has 3 heterocycles. The van der Waals surface area contributed by atoms with Gasteiger partial charge in [-0.05, 0) is 35.7 Å². The Kier molecular flexibility index (Phi) is 8.43. The first-order valence-electron chi connectivity index (χ1n) is 15.6. The van der Waals surface area contributed by atoms with Crippen molar-refractivity contribution in [2.24, 2.45) is 18.9 Å². The second kappa shape index (κ2) is 12.4. The van der Waals surface area contributed by atoms with Crippen LogP contribution < -0.4 is 15.6 Å². The molecule has 0 aliphatic heterocycles. The summed E-state index contributed by atoms with van der Waals surface area (Å²) in [4.78, 5) is 31.6. The van der Waals surface area contributed by atoms with Crippen molar-refractivity contribution in [3.63, 3.8) is 0 Å². The van der Waals surface area contributed by atoms with Crippen LogP contribution >= 0.6 is 11.6 Å². The molecule has 0 radical (unpaired) electrons. The molecule has 1 amide bonds. The van der Waals surface area contributed by atoms with Crippen molar-refractivity contribution in [2.45, 2.75) is 44.2 Å². The molecule has 20 heteroatoms. The highest BCUT2D eigenvalue weighted by atomic mass is 35.5. The van der Waals surface area contributed by atoms with E-state index in [-0.39, 0.29) is 44.4 Å². The van der Waals surface area contributed by atoms with Gasteiger partial charge in [-0.15, -0.1) is 0 Å². The SMILES string of the molecule is C[C@@H]1[C@@H]2c3c(C(F)F)nn(CC(=O)N[C@@H](Cc4cc(F)cc(F)c4)c4nccc(=O)n4-c4ccc(Cl)c5c(NS(C)(=O)=O)nn(C)c45)c3C(F)(F)[C@H]12. The number of rotatable bonds is 10. The van der Waals surface area contributed by atoms with E-state index in [1.54, 1.807) is 0 Å². The van der Waals surface area contributed by atoms with Gasteiger partial charge < -0.3 is 5.32 Å². The normalized spacial score (nSPS) is 19.5. The molecule has 0 saturated heterocycles. The summed E-state index contributed by atoms with van der Waals surface area (Å²) in [5, 5.41) is 10.6. The largest absolute Gasteiger partial charge is 0.344 e. The van der Waals surface area contributed by atoms with Crippen molar-refractivity contribution in [3.05, 3.63) is 97.9 Å². The highest BCUT2D eigenvalue weighted by molar-refractivity contribution is 7.92. The third kappa shape index (κ3) is 5.98. The summed E-state index contributed by atoms with van der Waals surface area (Å²) in [6.07, 6.45) is -1.59. The monoisotopic (exact) mass is 768 g/mol. The van der Waals surface area contributed by atoms with Crippen LogP contribution in [0.15, 0.2) is 47.4 Å². The van der Waals surface area contributed by atoms with Crippen LogP contribution in [0.2, 0.25) is 5.02 Å². The first-order chi connectivity index (χ1) is 24.4. The average molecular weight is 769 g/mol. The van der Waals surface area contributed by atoms with Crippen LogP contribution in [0, 0.1) is 23.5 Å². The van der Waals surface area contributed by atoms with E-state index in [1.165, 1.54) is 30.8 Å². The Labute approximate surface area is 295 Å². The quantitative estimate of drug-likeness (QED) is 0.188.